The number of rotatable bonds is 3. The Hall–Kier alpha value is -1.37. The number of aromatic nitrogens is 3. The molecule has 4 rings (SSSR count). The van der Waals surface area contributed by atoms with Crippen molar-refractivity contribution < 1.29 is 0 Å². The normalized spacial score (nSPS) is 11.6. The second-order valence-corrected chi connectivity index (χ2v) is 7.19. The Morgan fingerprint density at radius 2 is 2.16 bits per heavy atom. The molecule has 0 amide bonds. The number of fused-ring (bicyclic) bond motifs is 2. The van der Waals surface area contributed by atoms with Crippen LogP contribution in [-0.4, -0.2) is 14.4 Å². The quantitative estimate of drug-likeness (QED) is 0.529. The predicted octanol–water partition coefficient (Wildman–Crippen LogP) is 4.30. The van der Waals surface area contributed by atoms with Crippen LogP contribution in [0.3, 0.4) is 0 Å². The summed E-state index contributed by atoms with van der Waals surface area (Å²) in [7, 11) is 0. The van der Waals surface area contributed by atoms with Crippen LogP contribution in [0.2, 0.25) is 0 Å². The van der Waals surface area contributed by atoms with Gasteiger partial charge < -0.3 is 0 Å². The van der Waals surface area contributed by atoms with Gasteiger partial charge in [0.15, 0.2) is 9.30 Å². The summed E-state index contributed by atoms with van der Waals surface area (Å²) in [6, 6.07) is 8.25. The summed E-state index contributed by atoms with van der Waals surface area (Å²) in [6.45, 7) is 0. The van der Waals surface area contributed by atoms with Crippen molar-refractivity contribution in [2.75, 3.05) is 0 Å². The lowest BCUT2D eigenvalue weighted by Crippen LogP contribution is -1.79. The molecular formula is C13H9N3S3. The van der Waals surface area contributed by atoms with Gasteiger partial charge in [-0.1, -0.05) is 23.9 Å². The van der Waals surface area contributed by atoms with Crippen molar-refractivity contribution in [1.29, 1.82) is 0 Å². The summed E-state index contributed by atoms with van der Waals surface area (Å²) < 4.78 is 4.42. The van der Waals surface area contributed by atoms with E-state index in [0.29, 0.717) is 0 Å². The first kappa shape index (κ1) is 11.5. The first-order chi connectivity index (χ1) is 9.38. The van der Waals surface area contributed by atoms with E-state index in [0.717, 1.165) is 26.3 Å². The minimum atomic E-state index is 0.869. The molecule has 4 aromatic rings. The summed E-state index contributed by atoms with van der Waals surface area (Å²) in [6.07, 6.45) is 4.13. The van der Waals surface area contributed by atoms with Gasteiger partial charge in [-0.05, 0) is 12.1 Å². The minimum absolute atomic E-state index is 0.869. The maximum Gasteiger partial charge on any atom is 0.193 e. The summed E-state index contributed by atoms with van der Waals surface area (Å²) in [4.78, 5) is 10.3. The van der Waals surface area contributed by atoms with Crippen LogP contribution in [0.4, 0.5) is 0 Å². The molecule has 0 aliphatic rings. The van der Waals surface area contributed by atoms with Crippen LogP contribution in [0.1, 0.15) is 5.69 Å². The fourth-order valence-electron chi connectivity index (χ4n) is 1.89. The molecule has 0 aliphatic carbocycles. The van der Waals surface area contributed by atoms with Gasteiger partial charge in [-0.2, -0.15) is 0 Å². The number of thiazole rings is 2. The highest BCUT2D eigenvalue weighted by molar-refractivity contribution is 8.00. The highest BCUT2D eigenvalue weighted by atomic mass is 32.2. The van der Waals surface area contributed by atoms with Gasteiger partial charge in [0.25, 0.3) is 0 Å². The average Bonchev–Trinajstić information content (AvgIpc) is 3.09. The van der Waals surface area contributed by atoms with Crippen molar-refractivity contribution in [3.8, 4) is 0 Å². The van der Waals surface area contributed by atoms with E-state index in [1.807, 2.05) is 17.6 Å². The van der Waals surface area contributed by atoms with Crippen molar-refractivity contribution in [2.24, 2.45) is 0 Å². The molecule has 0 N–H and O–H groups in total. The zero-order valence-electron chi connectivity index (χ0n) is 9.81. The van der Waals surface area contributed by atoms with E-state index in [2.05, 4.69) is 38.8 Å². The molecule has 0 radical (unpaired) electrons. The Balaban J connectivity index is 1.56. The van der Waals surface area contributed by atoms with Crippen LogP contribution < -0.4 is 0 Å². The van der Waals surface area contributed by atoms with Gasteiger partial charge in [0.05, 0.1) is 15.9 Å². The molecule has 6 heteroatoms. The SMILES string of the molecule is c1ccc2sc(SCc3cn4ccsc4n3)nc2c1. The molecule has 3 nitrogen and oxygen atoms in total. The lowest BCUT2D eigenvalue weighted by Gasteiger charge is -1.91. The van der Waals surface area contributed by atoms with E-state index in [-0.39, 0.29) is 0 Å². The van der Waals surface area contributed by atoms with Crippen LogP contribution in [0.15, 0.2) is 46.4 Å². The molecule has 0 saturated heterocycles. The number of hydrogen-bond acceptors (Lipinski definition) is 5. The third kappa shape index (κ3) is 2.16. The fraction of sp³-hybridized carbons (Fsp3) is 0.0769. The van der Waals surface area contributed by atoms with E-state index < -0.39 is 0 Å². The maximum atomic E-state index is 4.62. The Morgan fingerprint density at radius 1 is 1.21 bits per heavy atom. The highest BCUT2D eigenvalue weighted by Gasteiger charge is 2.07. The molecule has 0 bridgehead atoms. The van der Waals surface area contributed by atoms with Gasteiger partial charge >= 0.3 is 0 Å². The van der Waals surface area contributed by atoms with Gasteiger partial charge in [-0.25, -0.2) is 9.97 Å². The van der Waals surface area contributed by atoms with Crippen molar-refractivity contribution >= 4 is 49.6 Å². The van der Waals surface area contributed by atoms with Crippen LogP contribution in [0.5, 0.6) is 0 Å². The Kier molecular flexibility index (Phi) is 2.79. The minimum Gasteiger partial charge on any atom is -0.297 e. The molecule has 0 unspecified atom stereocenters. The summed E-state index contributed by atoms with van der Waals surface area (Å²) >= 11 is 5.16. The lowest BCUT2D eigenvalue weighted by molar-refractivity contribution is 1.21. The molecule has 0 atom stereocenters. The Morgan fingerprint density at radius 3 is 3.05 bits per heavy atom. The van der Waals surface area contributed by atoms with Gasteiger partial charge in [-0.3, -0.25) is 4.40 Å². The van der Waals surface area contributed by atoms with Gasteiger partial charge in [-0.15, -0.1) is 22.7 Å². The smallest absolute Gasteiger partial charge is 0.193 e. The number of benzene rings is 1. The Labute approximate surface area is 121 Å². The van der Waals surface area contributed by atoms with Gasteiger partial charge in [0.2, 0.25) is 0 Å². The van der Waals surface area contributed by atoms with E-state index >= 15 is 0 Å². The molecule has 0 saturated carbocycles. The summed E-state index contributed by atoms with van der Waals surface area (Å²) in [5.41, 5.74) is 2.19. The van der Waals surface area contributed by atoms with Crippen molar-refractivity contribution in [3.63, 3.8) is 0 Å². The lowest BCUT2D eigenvalue weighted by atomic mass is 10.3. The number of thioether (sulfide) groups is 1. The molecule has 94 valence electrons. The summed E-state index contributed by atoms with van der Waals surface area (Å²) in [5, 5.41) is 2.05. The number of nitrogens with zero attached hydrogens (tertiary/aromatic N) is 3. The van der Waals surface area contributed by atoms with E-state index in [9.17, 15) is 0 Å². The molecule has 1 aromatic carbocycles. The van der Waals surface area contributed by atoms with Crippen LogP contribution in [0, 0.1) is 0 Å². The number of hydrogen-bond donors (Lipinski definition) is 0. The molecule has 0 aliphatic heterocycles. The molecule has 3 aromatic heterocycles. The second kappa shape index (κ2) is 4.63. The zero-order valence-corrected chi connectivity index (χ0v) is 12.3. The van der Waals surface area contributed by atoms with E-state index in [1.165, 1.54) is 4.70 Å². The molecule has 3 heterocycles. The summed E-state index contributed by atoms with van der Waals surface area (Å²) in [5.74, 6) is 0.869. The zero-order chi connectivity index (χ0) is 12.7. The second-order valence-electron chi connectivity index (χ2n) is 4.06. The van der Waals surface area contributed by atoms with E-state index in [1.54, 1.807) is 34.4 Å². The molecular weight excluding hydrogens is 294 g/mol. The van der Waals surface area contributed by atoms with Crippen LogP contribution in [0.25, 0.3) is 15.2 Å². The molecule has 0 spiro atoms. The average molecular weight is 303 g/mol. The van der Waals surface area contributed by atoms with Crippen molar-refractivity contribution in [3.05, 3.63) is 47.7 Å². The van der Waals surface area contributed by atoms with Gasteiger partial charge in [0.1, 0.15) is 0 Å². The third-order valence-corrected chi connectivity index (χ3v) is 5.74. The topological polar surface area (TPSA) is 30.2 Å². The fourth-order valence-corrected chi connectivity index (χ4v) is 4.57. The van der Waals surface area contributed by atoms with Crippen molar-refractivity contribution in [1.82, 2.24) is 14.4 Å². The number of para-hydroxylation sites is 1. The first-order valence-electron chi connectivity index (χ1n) is 5.78. The largest absolute Gasteiger partial charge is 0.297 e. The predicted molar refractivity (Wildman–Crippen MR) is 82.3 cm³/mol. The van der Waals surface area contributed by atoms with Gasteiger partial charge in [0, 0.05) is 23.5 Å². The monoisotopic (exact) mass is 303 g/mol. The third-order valence-electron chi connectivity index (χ3n) is 2.76. The van der Waals surface area contributed by atoms with Crippen LogP contribution in [-0.2, 0) is 5.75 Å². The van der Waals surface area contributed by atoms with Crippen molar-refractivity contribution in [2.45, 2.75) is 10.1 Å². The highest BCUT2D eigenvalue weighted by Crippen LogP contribution is 2.31. The van der Waals surface area contributed by atoms with E-state index in [4.69, 9.17) is 0 Å². The first-order valence-corrected chi connectivity index (χ1v) is 8.46. The maximum absolute atomic E-state index is 4.62. The number of imidazole rings is 1. The molecule has 19 heavy (non-hydrogen) atoms. The molecule has 0 fully saturated rings. The Bertz CT molecular complexity index is 781. The standard InChI is InChI=1S/C13H9N3S3/c1-2-4-11-10(3-1)15-13(19-11)18-8-9-7-16-5-6-17-12(16)14-9/h1-7H,8H2. The van der Waals surface area contributed by atoms with Crippen LogP contribution >= 0.6 is 34.4 Å².